The maximum absolute atomic E-state index is 12.7. The molecule has 0 radical (unpaired) electrons. The Morgan fingerprint density at radius 1 is 0.968 bits per heavy atom. The lowest BCUT2D eigenvalue weighted by molar-refractivity contribution is -0.121. The first kappa shape index (κ1) is 20.0. The average Bonchev–Trinajstić information content (AvgIpc) is 3.08. The number of amidine groups is 1. The van der Waals surface area contributed by atoms with E-state index in [1.54, 1.807) is 11.9 Å². The number of rotatable bonds is 3. The van der Waals surface area contributed by atoms with Gasteiger partial charge in [-0.25, -0.2) is 4.99 Å². The molecule has 0 saturated carbocycles. The first-order valence-corrected chi connectivity index (χ1v) is 11.1. The third-order valence-electron chi connectivity index (χ3n) is 5.32. The van der Waals surface area contributed by atoms with Crippen LogP contribution in [-0.4, -0.2) is 62.5 Å². The molecule has 0 atom stereocenters. The van der Waals surface area contributed by atoms with E-state index in [-0.39, 0.29) is 5.91 Å². The van der Waals surface area contributed by atoms with Crippen LogP contribution in [0.3, 0.4) is 0 Å². The zero-order valence-electron chi connectivity index (χ0n) is 17.2. The van der Waals surface area contributed by atoms with Gasteiger partial charge in [-0.3, -0.25) is 9.69 Å². The second-order valence-electron chi connectivity index (χ2n) is 7.39. The normalized spacial score (nSPS) is 21.3. The van der Waals surface area contributed by atoms with Gasteiger partial charge in [-0.05, 0) is 59.8 Å². The van der Waals surface area contributed by atoms with Gasteiger partial charge in [-0.2, -0.15) is 0 Å². The fraction of sp³-hybridized carbons (Fsp3) is 0.304. The van der Waals surface area contributed by atoms with Crippen molar-refractivity contribution in [2.24, 2.45) is 4.99 Å². The van der Waals surface area contributed by atoms with Crippen molar-refractivity contribution in [2.75, 3.05) is 51.5 Å². The summed E-state index contributed by atoms with van der Waals surface area (Å²) in [4.78, 5) is 22.0. The molecule has 1 amide bonds. The van der Waals surface area contributed by atoms with Crippen LogP contribution in [0, 0.1) is 0 Å². The van der Waals surface area contributed by atoms with Gasteiger partial charge in [-0.1, -0.05) is 6.07 Å². The smallest absolute Gasteiger partial charge is 0.266 e. The van der Waals surface area contributed by atoms with Crippen LogP contribution in [0.5, 0.6) is 11.5 Å². The number of hydrogen-bond acceptors (Lipinski definition) is 7. The van der Waals surface area contributed by atoms with Gasteiger partial charge in [0, 0.05) is 25.8 Å². The fourth-order valence-corrected chi connectivity index (χ4v) is 4.61. The largest absolute Gasteiger partial charge is 0.486 e. The lowest BCUT2D eigenvalue weighted by Gasteiger charge is -2.28. The highest BCUT2D eigenvalue weighted by Crippen LogP contribution is 2.36. The van der Waals surface area contributed by atoms with E-state index in [1.807, 2.05) is 36.4 Å². The Hall–Kier alpha value is -2.97. The molecule has 2 aromatic carbocycles. The summed E-state index contributed by atoms with van der Waals surface area (Å²) in [6.45, 7) is 4.40. The Bertz CT molecular complexity index is 1050. The molecule has 5 rings (SSSR count). The van der Waals surface area contributed by atoms with Crippen molar-refractivity contribution in [2.45, 2.75) is 0 Å². The molecule has 2 saturated heterocycles. The molecule has 3 heterocycles. The second kappa shape index (κ2) is 8.64. The van der Waals surface area contributed by atoms with Gasteiger partial charge in [0.05, 0.1) is 23.8 Å². The van der Waals surface area contributed by atoms with E-state index in [4.69, 9.17) is 19.2 Å². The first-order chi connectivity index (χ1) is 15.2. The van der Waals surface area contributed by atoms with Crippen LogP contribution < -0.4 is 14.4 Å². The summed E-state index contributed by atoms with van der Waals surface area (Å²) in [5.41, 5.74) is 2.87. The number of aliphatic imine (C=N–C) groups is 1. The predicted octanol–water partition coefficient (Wildman–Crippen LogP) is 3.53. The van der Waals surface area contributed by atoms with E-state index in [2.05, 4.69) is 17.0 Å². The van der Waals surface area contributed by atoms with Gasteiger partial charge >= 0.3 is 0 Å². The summed E-state index contributed by atoms with van der Waals surface area (Å²) < 4.78 is 16.6. The molecule has 160 valence electrons. The average molecular weight is 438 g/mol. The molecule has 8 heteroatoms. The minimum atomic E-state index is -0.0661. The van der Waals surface area contributed by atoms with Crippen molar-refractivity contribution in [3.63, 3.8) is 0 Å². The standard InChI is InChI=1S/C23H23N3O4S/c1-25-22(27)21(15-16-2-7-19-20(14-16)30-13-12-29-19)31-23(25)24-17-3-5-18(6-4-17)26-8-10-28-11-9-26/h2-7,14-15H,8-13H2,1H3. The maximum Gasteiger partial charge on any atom is 0.266 e. The number of nitrogens with zero attached hydrogens (tertiary/aromatic N) is 3. The number of hydrogen-bond donors (Lipinski definition) is 0. The van der Waals surface area contributed by atoms with Crippen molar-refractivity contribution in [3.05, 3.63) is 52.9 Å². The zero-order valence-corrected chi connectivity index (χ0v) is 18.1. The lowest BCUT2D eigenvalue weighted by atomic mass is 10.1. The van der Waals surface area contributed by atoms with Crippen LogP contribution in [0.25, 0.3) is 6.08 Å². The maximum atomic E-state index is 12.7. The molecule has 3 aliphatic rings. The molecule has 0 aliphatic carbocycles. The molecule has 0 bridgehead atoms. The number of fused-ring (bicyclic) bond motifs is 1. The molecule has 7 nitrogen and oxygen atoms in total. The number of anilines is 1. The van der Waals surface area contributed by atoms with E-state index in [0.717, 1.165) is 49.0 Å². The Morgan fingerprint density at radius 2 is 1.71 bits per heavy atom. The molecule has 0 aromatic heterocycles. The SMILES string of the molecule is CN1C(=O)C(=Cc2ccc3c(c2)OCCO3)SC1=Nc1ccc(N2CCOCC2)cc1. The highest BCUT2D eigenvalue weighted by atomic mass is 32.2. The molecule has 2 aromatic rings. The van der Waals surface area contributed by atoms with Crippen LogP contribution in [-0.2, 0) is 9.53 Å². The molecule has 0 N–H and O–H groups in total. The van der Waals surface area contributed by atoms with Crippen LogP contribution in [0.1, 0.15) is 5.56 Å². The summed E-state index contributed by atoms with van der Waals surface area (Å²) in [5.74, 6) is 1.38. The zero-order chi connectivity index (χ0) is 21.2. The van der Waals surface area contributed by atoms with Crippen LogP contribution in [0.15, 0.2) is 52.4 Å². The van der Waals surface area contributed by atoms with Gasteiger partial charge in [0.15, 0.2) is 16.7 Å². The van der Waals surface area contributed by atoms with Crippen molar-refractivity contribution >= 4 is 40.3 Å². The van der Waals surface area contributed by atoms with E-state index in [9.17, 15) is 4.79 Å². The number of benzene rings is 2. The van der Waals surface area contributed by atoms with Crippen molar-refractivity contribution < 1.29 is 19.0 Å². The molecule has 3 aliphatic heterocycles. The highest BCUT2D eigenvalue weighted by Gasteiger charge is 2.30. The van der Waals surface area contributed by atoms with Gasteiger partial charge in [-0.15, -0.1) is 0 Å². The monoisotopic (exact) mass is 437 g/mol. The molecule has 31 heavy (non-hydrogen) atoms. The van der Waals surface area contributed by atoms with E-state index < -0.39 is 0 Å². The highest BCUT2D eigenvalue weighted by molar-refractivity contribution is 8.18. The van der Waals surface area contributed by atoms with Crippen molar-refractivity contribution in [3.8, 4) is 11.5 Å². The van der Waals surface area contributed by atoms with Crippen LogP contribution >= 0.6 is 11.8 Å². The van der Waals surface area contributed by atoms with Gasteiger partial charge in [0.25, 0.3) is 5.91 Å². The van der Waals surface area contributed by atoms with Gasteiger partial charge < -0.3 is 19.1 Å². The Morgan fingerprint density at radius 3 is 2.48 bits per heavy atom. The number of carbonyl (C=O) groups is 1. The number of likely N-dealkylation sites (N-methyl/N-ethyl adjacent to an activating group) is 1. The fourth-order valence-electron chi connectivity index (χ4n) is 3.62. The van der Waals surface area contributed by atoms with Crippen LogP contribution in [0.2, 0.25) is 0 Å². The number of carbonyl (C=O) groups excluding carboxylic acids is 1. The van der Waals surface area contributed by atoms with Crippen molar-refractivity contribution in [1.82, 2.24) is 4.90 Å². The summed E-state index contributed by atoms with van der Waals surface area (Å²) in [7, 11) is 1.75. The van der Waals surface area contributed by atoms with Gasteiger partial charge in [0.1, 0.15) is 13.2 Å². The summed E-state index contributed by atoms with van der Waals surface area (Å²) in [6, 6.07) is 13.8. The summed E-state index contributed by atoms with van der Waals surface area (Å²) in [5, 5.41) is 0.660. The van der Waals surface area contributed by atoms with Crippen LogP contribution in [0.4, 0.5) is 11.4 Å². The number of morpholine rings is 1. The predicted molar refractivity (Wildman–Crippen MR) is 122 cm³/mol. The third-order valence-corrected chi connectivity index (χ3v) is 6.38. The van der Waals surface area contributed by atoms with E-state index in [1.165, 1.54) is 11.8 Å². The van der Waals surface area contributed by atoms with E-state index in [0.29, 0.717) is 29.0 Å². The summed E-state index contributed by atoms with van der Waals surface area (Å²) >= 11 is 1.37. The second-order valence-corrected chi connectivity index (χ2v) is 8.40. The first-order valence-electron chi connectivity index (χ1n) is 10.3. The Balaban J connectivity index is 1.33. The minimum Gasteiger partial charge on any atom is -0.486 e. The molecular weight excluding hydrogens is 414 g/mol. The Labute approximate surface area is 185 Å². The molecule has 2 fully saturated rings. The van der Waals surface area contributed by atoms with Crippen molar-refractivity contribution in [1.29, 1.82) is 0 Å². The number of amides is 1. The molecule has 0 spiro atoms. The minimum absolute atomic E-state index is 0.0661. The lowest BCUT2D eigenvalue weighted by Crippen LogP contribution is -2.36. The Kier molecular flexibility index (Phi) is 5.57. The summed E-state index contributed by atoms with van der Waals surface area (Å²) in [6.07, 6.45) is 1.87. The molecular formula is C23H23N3O4S. The van der Waals surface area contributed by atoms with Gasteiger partial charge in [0.2, 0.25) is 0 Å². The van der Waals surface area contributed by atoms with E-state index >= 15 is 0 Å². The number of ether oxygens (including phenoxy) is 3. The number of thioether (sulfide) groups is 1. The quantitative estimate of drug-likeness (QED) is 0.685. The third kappa shape index (κ3) is 4.26. The topological polar surface area (TPSA) is 63.6 Å². The molecule has 0 unspecified atom stereocenters.